The second-order valence-corrected chi connectivity index (χ2v) is 7.97. The SMILES string of the molecule is CCOc1cc(/C=N/NC(=O)C(=O)Nc2cc(C)ccc2C)ccc1OCc1cccc(Cl)c1. The van der Waals surface area contributed by atoms with Crippen LogP contribution in [0.5, 0.6) is 11.5 Å². The van der Waals surface area contributed by atoms with Crippen molar-refractivity contribution in [2.45, 2.75) is 27.4 Å². The van der Waals surface area contributed by atoms with E-state index in [4.69, 9.17) is 21.1 Å². The molecule has 7 nitrogen and oxygen atoms in total. The molecular weight excluding hydrogens is 454 g/mol. The molecule has 0 fully saturated rings. The molecule has 2 N–H and O–H groups in total. The van der Waals surface area contributed by atoms with Gasteiger partial charge in [0, 0.05) is 10.7 Å². The van der Waals surface area contributed by atoms with Gasteiger partial charge in [0.25, 0.3) is 0 Å². The fourth-order valence-corrected chi connectivity index (χ4v) is 3.26. The summed E-state index contributed by atoms with van der Waals surface area (Å²) in [4.78, 5) is 24.3. The maximum absolute atomic E-state index is 12.2. The first kappa shape index (κ1) is 24.8. The number of nitrogens with one attached hydrogen (secondary N) is 2. The third kappa shape index (κ3) is 7.08. The normalized spacial score (nSPS) is 10.7. The molecule has 0 spiro atoms. The van der Waals surface area contributed by atoms with Gasteiger partial charge in [-0.15, -0.1) is 0 Å². The number of ether oxygens (including phenoxy) is 2. The van der Waals surface area contributed by atoms with Gasteiger partial charge in [0.2, 0.25) is 0 Å². The van der Waals surface area contributed by atoms with Crippen LogP contribution in [0.1, 0.15) is 29.2 Å². The van der Waals surface area contributed by atoms with Crippen LogP contribution in [0.25, 0.3) is 0 Å². The highest BCUT2D eigenvalue weighted by molar-refractivity contribution is 6.39. The first-order chi connectivity index (χ1) is 16.4. The Bertz CT molecular complexity index is 1210. The van der Waals surface area contributed by atoms with Crippen molar-refractivity contribution in [1.29, 1.82) is 0 Å². The largest absolute Gasteiger partial charge is 0.490 e. The molecular formula is C26H26ClN3O4. The van der Waals surface area contributed by atoms with Gasteiger partial charge in [-0.2, -0.15) is 5.10 Å². The molecule has 0 radical (unpaired) electrons. The van der Waals surface area contributed by atoms with Gasteiger partial charge < -0.3 is 14.8 Å². The molecule has 0 aliphatic heterocycles. The molecule has 3 aromatic rings. The third-order valence-electron chi connectivity index (χ3n) is 4.78. The number of carbonyl (C=O) groups excluding carboxylic acids is 2. The third-order valence-corrected chi connectivity index (χ3v) is 5.01. The second-order valence-electron chi connectivity index (χ2n) is 7.53. The average Bonchev–Trinajstić information content (AvgIpc) is 2.81. The first-order valence-electron chi connectivity index (χ1n) is 10.7. The Labute approximate surface area is 203 Å². The molecule has 0 unspecified atom stereocenters. The predicted molar refractivity (Wildman–Crippen MR) is 134 cm³/mol. The molecule has 3 rings (SSSR count). The zero-order valence-corrected chi connectivity index (χ0v) is 20.0. The van der Waals surface area contributed by atoms with Gasteiger partial charge >= 0.3 is 11.8 Å². The van der Waals surface area contributed by atoms with Crippen molar-refractivity contribution in [3.05, 3.63) is 87.9 Å². The molecule has 0 aliphatic rings. The van der Waals surface area contributed by atoms with E-state index < -0.39 is 11.8 Å². The van der Waals surface area contributed by atoms with Crippen LogP contribution in [0, 0.1) is 13.8 Å². The number of nitrogens with zero attached hydrogens (tertiary/aromatic N) is 1. The number of hydrazone groups is 1. The number of halogens is 1. The fraction of sp³-hybridized carbons (Fsp3) is 0.192. The summed E-state index contributed by atoms with van der Waals surface area (Å²) in [6.07, 6.45) is 1.42. The van der Waals surface area contributed by atoms with Crippen LogP contribution < -0.4 is 20.2 Å². The van der Waals surface area contributed by atoms with Crippen LogP contribution >= 0.6 is 11.6 Å². The lowest BCUT2D eigenvalue weighted by molar-refractivity contribution is -0.136. The van der Waals surface area contributed by atoms with Gasteiger partial charge in [-0.05, 0) is 79.4 Å². The van der Waals surface area contributed by atoms with Gasteiger partial charge in [-0.3, -0.25) is 9.59 Å². The predicted octanol–water partition coefficient (Wildman–Crippen LogP) is 5.02. The summed E-state index contributed by atoms with van der Waals surface area (Å²) < 4.78 is 11.6. The Morgan fingerprint density at radius 2 is 1.79 bits per heavy atom. The molecule has 0 saturated carbocycles. The number of anilines is 1. The quantitative estimate of drug-likeness (QED) is 0.269. The van der Waals surface area contributed by atoms with Crippen molar-refractivity contribution in [3.63, 3.8) is 0 Å². The van der Waals surface area contributed by atoms with Crippen molar-refractivity contribution in [2.75, 3.05) is 11.9 Å². The Kier molecular flexibility index (Phi) is 8.65. The summed E-state index contributed by atoms with van der Waals surface area (Å²) >= 11 is 6.02. The minimum atomic E-state index is -0.872. The van der Waals surface area contributed by atoms with Gasteiger partial charge in [0.05, 0.1) is 12.8 Å². The van der Waals surface area contributed by atoms with E-state index in [-0.39, 0.29) is 0 Å². The van der Waals surface area contributed by atoms with Crippen LogP contribution in [-0.4, -0.2) is 24.6 Å². The molecule has 8 heteroatoms. The number of hydrogen-bond donors (Lipinski definition) is 2. The number of aryl methyl sites for hydroxylation is 2. The molecule has 0 aromatic heterocycles. The van der Waals surface area contributed by atoms with Gasteiger partial charge in [-0.25, -0.2) is 5.43 Å². The maximum atomic E-state index is 12.2. The van der Waals surface area contributed by atoms with Gasteiger partial charge in [0.15, 0.2) is 11.5 Å². The summed E-state index contributed by atoms with van der Waals surface area (Å²) in [7, 11) is 0. The van der Waals surface area contributed by atoms with E-state index in [1.807, 2.05) is 51.1 Å². The number of benzene rings is 3. The number of amides is 2. The number of rotatable bonds is 8. The molecule has 0 bridgehead atoms. The number of carbonyl (C=O) groups is 2. The standard InChI is InChI=1S/C26H26ClN3O4/c1-4-33-24-14-19(10-11-23(24)34-16-20-6-5-7-21(27)13-20)15-28-30-26(32)25(31)29-22-12-17(2)8-9-18(22)3/h5-15H,4,16H2,1-3H3,(H,29,31)(H,30,32)/b28-15+. The molecule has 2 amide bonds. The van der Waals surface area contributed by atoms with Crippen LogP contribution in [0.2, 0.25) is 5.02 Å². The molecule has 0 atom stereocenters. The van der Waals surface area contributed by atoms with Crippen molar-refractivity contribution in [1.82, 2.24) is 5.43 Å². The van der Waals surface area contributed by atoms with E-state index >= 15 is 0 Å². The lowest BCUT2D eigenvalue weighted by atomic mass is 10.1. The lowest BCUT2D eigenvalue weighted by Crippen LogP contribution is -2.32. The van der Waals surface area contributed by atoms with Crippen molar-refractivity contribution >= 4 is 35.3 Å². The van der Waals surface area contributed by atoms with Crippen LogP contribution in [-0.2, 0) is 16.2 Å². The molecule has 3 aromatic carbocycles. The second kappa shape index (κ2) is 11.9. The van der Waals surface area contributed by atoms with Crippen molar-refractivity contribution in [2.24, 2.45) is 5.10 Å². The van der Waals surface area contributed by atoms with Crippen molar-refractivity contribution in [3.8, 4) is 11.5 Å². The lowest BCUT2D eigenvalue weighted by Gasteiger charge is -2.13. The summed E-state index contributed by atoms with van der Waals surface area (Å²) in [5, 5.41) is 7.12. The Morgan fingerprint density at radius 1 is 0.971 bits per heavy atom. The van der Waals surface area contributed by atoms with E-state index in [1.54, 1.807) is 30.3 Å². The smallest absolute Gasteiger partial charge is 0.329 e. The summed E-state index contributed by atoms with van der Waals surface area (Å²) in [5.41, 5.74) is 6.25. The average molecular weight is 480 g/mol. The Balaban J connectivity index is 1.61. The Morgan fingerprint density at radius 3 is 2.56 bits per heavy atom. The summed E-state index contributed by atoms with van der Waals surface area (Å²) in [6, 6.07) is 18.3. The highest BCUT2D eigenvalue weighted by atomic mass is 35.5. The van der Waals surface area contributed by atoms with Gasteiger partial charge in [-0.1, -0.05) is 35.9 Å². The molecule has 0 aliphatic carbocycles. The molecule has 34 heavy (non-hydrogen) atoms. The van der Waals surface area contributed by atoms with Crippen LogP contribution in [0.4, 0.5) is 5.69 Å². The number of hydrogen-bond acceptors (Lipinski definition) is 5. The van der Waals surface area contributed by atoms with E-state index in [9.17, 15) is 9.59 Å². The minimum Gasteiger partial charge on any atom is -0.490 e. The Hall–Kier alpha value is -3.84. The molecule has 0 saturated heterocycles. The highest BCUT2D eigenvalue weighted by Gasteiger charge is 2.14. The van der Waals surface area contributed by atoms with E-state index in [1.165, 1.54) is 6.21 Å². The van der Waals surface area contributed by atoms with E-state index in [0.717, 1.165) is 16.7 Å². The van der Waals surface area contributed by atoms with E-state index in [0.29, 0.717) is 41.0 Å². The summed E-state index contributed by atoms with van der Waals surface area (Å²) in [5.74, 6) is -0.572. The zero-order chi connectivity index (χ0) is 24.5. The molecule has 0 heterocycles. The highest BCUT2D eigenvalue weighted by Crippen LogP contribution is 2.29. The monoisotopic (exact) mass is 479 g/mol. The fourth-order valence-electron chi connectivity index (χ4n) is 3.05. The maximum Gasteiger partial charge on any atom is 0.329 e. The molecule has 176 valence electrons. The topological polar surface area (TPSA) is 89.0 Å². The summed E-state index contributed by atoms with van der Waals surface area (Å²) in [6.45, 7) is 6.41. The van der Waals surface area contributed by atoms with Gasteiger partial charge in [0.1, 0.15) is 6.61 Å². The first-order valence-corrected chi connectivity index (χ1v) is 11.1. The van der Waals surface area contributed by atoms with Crippen molar-refractivity contribution < 1.29 is 19.1 Å². The zero-order valence-electron chi connectivity index (χ0n) is 19.2. The van der Waals surface area contributed by atoms with Crippen LogP contribution in [0.15, 0.2) is 65.8 Å². The minimum absolute atomic E-state index is 0.333. The van der Waals surface area contributed by atoms with Crippen LogP contribution in [0.3, 0.4) is 0 Å². The van der Waals surface area contributed by atoms with E-state index in [2.05, 4.69) is 15.8 Å².